The Labute approximate surface area is 164 Å². The summed E-state index contributed by atoms with van der Waals surface area (Å²) in [5.74, 6) is -0.795. The van der Waals surface area contributed by atoms with Gasteiger partial charge in [0.05, 0.1) is 10.5 Å². The lowest BCUT2D eigenvalue weighted by molar-refractivity contribution is 0.0183. The van der Waals surface area contributed by atoms with Crippen LogP contribution in [0.1, 0.15) is 43.9 Å². The van der Waals surface area contributed by atoms with Crippen LogP contribution in [0.5, 0.6) is 0 Å². The highest BCUT2D eigenvalue weighted by Crippen LogP contribution is 2.35. The van der Waals surface area contributed by atoms with E-state index < -0.39 is 33.2 Å². The molecule has 3 rings (SSSR count). The maximum atomic E-state index is 13.8. The molecule has 28 heavy (non-hydrogen) atoms. The zero-order valence-electron chi connectivity index (χ0n) is 15.8. The molecular weight excluding hydrogens is 381 g/mol. The van der Waals surface area contributed by atoms with Crippen molar-refractivity contribution in [2.75, 3.05) is 4.31 Å². The Balaban J connectivity index is 2.11. The summed E-state index contributed by atoms with van der Waals surface area (Å²) in [6, 6.07) is 10.1. The molecule has 2 aromatic rings. The summed E-state index contributed by atoms with van der Waals surface area (Å²) in [5.41, 5.74) is -0.509. The predicted molar refractivity (Wildman–Crippen MR) is 103 cm³/mol. The number of hydrogen-bond acceptors (Lipinski definition) is 5. The molecule has 1 heterocycles. The molecule has 0 unspecified atom stereocenters. The number of aliphatic hydroxyl groups is 1. The first-order valence-corrected chi connectivity index (χ1v) is 10.5. The molecular formula is C20H22FN3O3S. The Morgan fingerprint density at radius 1 is 1.29 bits per heavy atom. The number of rotatable bonds is 4. The number of nitrogens with zero attached hydrogens (tertiary/aromatic N) is 3. The lowest BCUT2D eigenvalue weighted by Gasteiger charge is -2.39. The minimum Gasteiger partial charge on any atom is -0.390 e. The molecule has 1 N–H and O–H groups in total. The van der Waals surface area contributed by atoms with Crippen LogP contribution < -0.4 is 4.31 Å². The number of benzene rings is 1. The molecule has 6 nitrogen and oxygen atoms in total. The summed E-state index contributed by atoms with van der Waals surface area (Å²) in [6.07, 6.45) is 1.73. The maximum Gasteiger partial charge on any atom is 0.265 e. The number of halogens is 1. The van der Waals surface area contributed by atoms with Crippen molar-refractivity contribution in [2.45, 2.75) is 56.1 Å². The van der Waals surface area contributed by atoms with Gasteiger partial charge in [0.25, 0.3) is 10.0 Å². The highest BCUT2D eigenvalue weighted by molar-refractivity contribution is 7.92. The van der Waals surface area contributed by atoms with E-state index in [2.05, 4.69) is 4.98 Å². The third-order valence-electron chi connectivity index (χ3n) is 5.07. The first-order valence-electron chi connectivity index (χ1n) is 9.04. The first kappa shape index (κ1) is 20.2. The second-order valence-electron chi connectivity index (χ2n) is 7.46. The molecule has 0 bridgehead atoms. The van der Waals surface area contributed by atoms with Gasteiger partial charge < -0.3 is 5.11 Å². The fraction of sp³-hybridized carbons (Fsp3) is 0.400. The van der Waals surface area contributed by atoms with Crippen LogP contribution in [0.25, 0.3) is 0 Å². The maximum absolute atomic E-state index is 13.8. The van der Waals surface area contributed by atoms with Crippen molar-refractivity contribution in [1.82, 2.24) is 4.98 Å². The lowest BCUT2D eigenvalue weighted by Crippen LogP contribution is -2.46. The zero-order valence-corrected chi connectivity index (χ0v) is 16.6. The van der Waals surface area contributed by atoms with Crippen molar-refractivity contribution < 1.29 is 17.9 Å². The average molecular weight is 403 g/mol. The van der Waals surface area contributed by atoms with Crippen LogP contribution in [0, 0.1) is 24.1 Å². The number of aryl methyl sites for hydroxylation is 1. The molecule has 0 saturated heterocycles. The fourth-order valence-corrected chi connectivity index (χ4v) is 5.25. The molecule has 1 aromatic carbocycles. The van der Waals surface area contributed by atoms with Crippen LogP contribution in [0.4, 0.5) is 10.2 Å². The summed E-state index contributed by atoms with van der Waals surface area (Å²) >= 11 is 0. The average Bonchev–Trinajstić information content (AvgIpc) is 2.64. The van der Waals surface area contributed by atoms with Crippen LogP contribution >= 0.6 is 0 Å². The van der Waals surface area contributed by atoms with Crippen LogP contribution in [0.3, 0.4) is 0 Å². The van der Waals surface area contributed by atoms with Crippen molar-refractivity contribution in [2.24, 2.45) is 0 Å². The van der Waals surface area contributed by atoms with E-state index in [9.17, 15) is 17.9 Å². The lowest BCUT2D eigenvalue weighted by atomic mass is 9.83. The Morgan fingerprint density at radius 2 is 1.96 bits per heavy atom. The van der Waals surface area contributed by atoms with Gasteiger partial charge in [-0.25, -0.2) is 22.1 Å². The molecule has 1 aliphatic rings. The quantitative estimate of drug-likeness (QED) is 0.845. The van der Waals surface area contributed by atoms with E-state index in [1.54, 1.807) is 38.1 Å². The van der Waals surface area contributed by atoms with Crippen LogP contribution in [-0.2, 0) is 10.0 Å². The minimum atomic E-state index is -3.99. The molecule has 0 atom stereocenters. The van der Waals surface area contributed by atoms with Gasteiger partial charge in [-0.2, -0.15) is 5.26 Å². The van der Waals surface area contributed by atoms with E-state index in [0.717, 1.165) is 11.6 Å². The summed E-state index contributed by atoms with van der Waals surface area (Å²) in [6.45, 7) is 3.53. The monoisotopic (exact) mass is 403 g/mol. The van der Waals surface area contributed by atoms with Gasteiger partial charge in [0.15, 0.2) is 11.5 Å². The third kappa shape index (κ3) is 4.01. The second kappa shape index (κ2) is 7.49. The van der Waals surface area contributed by atoms with Gasteiger partial charge in [0.2, 0.25) is 0 Å². The Kier molecular flexibility index (Phi) is 5.41. The molecule has 0 spiro atoms. The molecule has 1 aromatic heterocycles. The minimum absolute atomic E-state index is 0.00555. The van der Waals surface area contributed by atoms with Crippen LogP contribution in [-0.4, -0.2) is 30.2 Å². The Morgan fingerprint density at radius 3 is 2.57 bits per heavy atom. The van der Waals surface area contributed by atoms with Gasteiger partial charge in [-0.1, -0.05) is 12.1 Å². The summed E-state index contributed by atoms with van der Waals surface area (Å²) in [7, 11) is -3.99. The topological polar surface area (TPSA) is 94.3 Å². The molecule has 0 radical (unpaired) electrons. The van der Waals surface area contributed by atoms with E-state index in [1.165, 1.54) is 16.4 Å². The van der Waals surface area contributed by atoms with Gasteiger partial charge in [-0.15, -0.1) is 0 Å². The highest BCUT2D eigenvalue weighted by atomic mass is 32.2. The van der Waals surface area contributed by atoms with Crippen molar-refractivity contribution in [1.29, 1.82) is 5.26 Å². The number of sulfonamides is 1. The summed E-state index contributed by atoms with van der Waals surface area (Å²) in [4.78, 5) is 4.07. The molecule has 1 aliphatic carbocycles. The molecule has 1 fully saturated rings. The smallest absolute Gasteiger partial charge is 0.265 e. The molecule has 0 aliphatic heterocycles. The van der Waals surface area contributed by atoms with Crippen molar-refractivity contribution in [3.63, 3.8) is 0 Å². The standard InChI is InChI=1S/C20H22FN3O3S/c1-14-4-3-5-16(12-14)28(26,27)24(15-8-10-20(2,25)11-9-15)19-7-6-17(21)18(13-22)23-19/h3-7,12,15,25H,8-11H2,1-2H3. The number of hydrogen-bond donors (Lipinski definition) is 1. The van der Waals surface area contributed by atoms with Crippen molar-refractivity contribution in [3.8, 4) is 6.07 Å². The van der Waals surface area contributed by atoms with Crippen molar-refractivity contribution in [3.05, 3.63) is 53.5 Å². The van der Waals surface area contributed by atoms with E-state index in [-0.39, 0.29) is 10.7 Å². The van der Waals surface area contributed by atoms with Gasteiger partial charge in [0, 0.05) is 6.04 Å². The molecule has 148 valence electrons. The predicted octanol–water partition coefficient (Wildman–Crippen LogP) is 3.29. The zero-order chi connectivity index (χ0) is 20.5. The van der Waals surface area contributed by atoms with Crippen LogP contribution in [0.15, 0.2) is 41.3 Å². The SMILES string of the molecule is Cc1cccc(S(=O)(=O)N(c2ccc(F)c(C#N)n2)C2CCC(C)(O)CC2)c1. The van der Waals surface area contributed by atoms with Gasteiger partial charge in [-0.05, 0) is 69.4 Å². The van der Waals surface area contributed by atoms with Gasteiger partial charge >= 0.3 is 0 Å². The van der Waals surface area contributed by atoms with Crippen molar-refractivity contribution >= 4 is 15.8 Å². The number of nitriles is 1. The molecule has 8 heteroatoms. The summed E-state index contributed by atoms with van der Waals surface area (Å²) < 4.78 is 41.9. The van der Waals surface area contributed by atoms with E-state index in [4.69, 9.17) is 5.26 Å². The molecule has 0 amide bonds. The Bertz CT molecular complexity index is 1020. The number of anilines is 1. The first-order chi connectivity index (χ1) is 13.1. The van der Waals surface area contributed by atoms with Gasteiger partial charge in [0.1, 0.15) is 11.9 Å². The normalized spacial score (nSPS) is 22.5. The second-order valence-corrected chi connectivity index (χ2v) is 9.27. The van der Waals surface area contributed by atoms with E-state index in [1.807, 2.05) is 0 Å². The summed E-state index contributed by atoms with van der Waals surface area (Å²) in [5, 5.41) is 19.3. The third-order valence-corrected chi connectivity index (χ3v) is 6.93. The number of pyridine rings is 1. The largest absolute Gasteiger partial charge is 0.390 e. The van der Waals surface area contributed by atoms with Gasteiger partial charge in [-0.3, -0.25) is 0 Å². The molecule has 1 saturated carbocycles. The number of aromatic nitrogens is 1. The Hall–Kier alpha value is -2.50. The van der Waals surface area contributed by atoms with Crippen LogP contribution in [0.2, 0.25) is 0 Å². The highest BCUT2D eigenvalue weighted by Gasteiger charge is 2.38. The fourth-order valence-electron chi connectivity index (χ4n) is 3.49. The van der Waals surface area contributed by atoms with E-state index in [0.29, 0.717) is 25.7 Å². The van der Waals surface area contributed by atoms with E-state index >= 15 is 0 Å².